The van der Waals surface area contributed by atoms with Crippen LogP contribution in [-0.4, -0.2) is 34.6 Å². The summed E-state index contributed by atoms with van der Waals surface area (Å²) in [7, 11) is 0. The zero-order valence-corrected chi connectivity index (χ0v) is 10.2. The monoisotopic (exact) mass is 225 g/mol. The lowest BCUT2D eigenvalue weighted by Crippen LogP contribution is -2.53. The van der Waals surface area contributed by atoms with E-state index >= 15 is 0 Å². The van der Waals surface area contributed by atoms with E-state index in [0.29, 0.717) is 6.04 Å². The molecule has 3 atom stereocenters. The smallest absolute Gasteiger partial charge is 0.320 e. The van der Waals surface area contributed by atoms with E-state index in [1.807, 2.05) is 6.92 Å². The predicted octanol–water partition coefficient (Wildman–Crippen LogP) is 2.50. The van der Waals surface area contributed by atoms with Gasteiger partial charge in [0.15, 0.2) is 0 Å². The lowest BCUT2D eigenvalue weighted by Gasteiger charge is -2.46. The number of rotatable bonds is 3. The number of carboxylic acid groups (broad SMARTS) is 1. The number of carboxylic acids is 1. The summed E-state index contributed by atoms with van der Waals surface area (Å²) in [5.41, 5.74) is 0. The number of nitrogens with zero attached hydrogens (tertiary/aromatic N) is 1. The molecule has 1 aliphatic carbocycles. The molecule has 2 fully saturated rings. The van der Waals surface area contributed by atoms with E-state index in [2.05, 4.69) is 4.90 Å². The van der Waals surface area contributed by atoms with Crippen LogP contribution in [0.15, 0.2) is 0 Å². The third-order valence-electron chi connectivity index (χ3n) is 4.36. The summed E-state index contributed by atoms with van der Waals surface area (Å²) in [6.45, 7) is 2.98. The third-order valence-corrected chi connectivity index (χ3v) is 4.36. The fraction of sp³-hybridized carbons (Fsp3) is 0.923. The molecule has 1 unspecified atom stereocenters. The topological polar surface area (TPSA) is 40.5 Å². The molecule has 2 rings (SSSR count). The second kappa shape index (κ2) is 5.17. The Morgan fingerprint density at radius 1 is 1.31 bits per heavy atom. The van der Waals surface area contributed by atoms with Crippen molar-refractivity contribution < 1.29 is 9.90 Å². The van der Waals surface area contributed by atoms with Gasteiger partial charge in [-0.05, 0) is 44.6 Å². The average molecular weight is 225 g/mol. The first-order valence-corrected chi connectivity index (χ1v) is 6.72. The Bertz CT molecular complexity index is 252. The maximum Gasteiger partial charge on any atom is 0.320 e. The third kappa shape index (κ3) is 2.24. The van der Waals surface area contributed by atoms with Crippen LogP contribution in [0.1, 0.15) is 51.9 Å². The van der Waals surface area contributed by atoms with Crippen molar-refractivity contribution in [1.29, 1.82) is 0 Å². The zero-order chi connectivity index (χ0) is 11.5. The van der Waals surface area contributed by atoms with Crippen molar-refractivity contribution in [3.8, 4) is 0 Å². The minimum absolute atomic E-state index is 0.245. The summed E-state index contributed by atoms with van der Waals surface area (Å²) in [6, 6.07) is 0.314. The highest BCUT2D eigenvalue weighted by Gasteiger charge is 2.38. The minimum Gasteiger partial charge on any atom is -0.480 e. The van der Waals surface area contributed by atoms with Crippen LogP contribution < -0.4 is 0 Å². The van der Waals surface area contributed by atoms with E-state index < -0.39 is 5.97 Å². The summed E-state index contributed by atoms with van der Waals surface area (Å²) >= 11 is 0. The van der Waals surface area contributed by atoms with Crippen LogP contribution in [0.3, 0.4) is 0 Å². The average Bonchev–Trinajstić information content (AvgIpc) is 2.30. The van der Waals surface area contributed by atoms with Gasteiger partial charge in [0.05, 0.1) is 0 Å². The van der Waals surface area contributed by atoms with Gasteiger partial charge in [-0.15, -0.1) is 0 Å². The molecule has 2 aliphatic rings. The highest BCUT2D eigenvalue weighted by molar-refractivity contribution is 5.73. The standard InChI is InChI=1S/C13H23NO2/c1-2-11(13(15)16)14-9-5-7-10-6-3-4-8-12(10)14/h10-12H,2-9H2,1H3,(H,15,16)/t10-,11?,12-/m1/s1. The Morgan fingerprint density at radius 3 is 2.69 bits per heavy atom. The Morgan fingerprint density at radius 2 is 2.00 bits per heavy atom. The molecule has 92 valence electrons. The van der Waals surface area contributed by atoms with E-state index in [0.717, 1.165) is 18.9 Å². The first-order chi connectivity index (χ1) is 7.74. The summed E-state index contributed by atoms with van der Waals surface area (Å²) < 4.78 is 0. The van der Waals surface area contributed by atoms with Gasteiger partial charge >= 0.3 is 5.97 Å². The molecule has 1 saturated carbocycles. The predicted molar refractivity (Wildman–Crippen MR) is 63.4 cm³/mol. The highest BCUT2D eigenvalue weighted by Crippen LogP contribution is 2.36. The van der Waals surface area contributed by atoms with Gasteiger partial charge in [-0.2, -0.15) is 0 Å². The van der Waals surface area contributed by atoms with Crippen molar-refractivity contribution in [3.63, 3.8) is 0 Å². The maximum absolute atomic E-state index is 11.3. The van der Waals surface area contributed by atoms with Crippen molar-refractivity contribution in [2.45, 2.75) is 64.0 Å². The van der Waals surface area contributed by atoms with Crippen molar-refractivity contribution in [2.75, 3.05) is 6.54 Å². The Labute approximate surface area is 97.8 Å². The normalized spacial score (nSPS) is 33.1. The molecular weight excluding hydrogens is 202 g/mol. The van der Waals surface area contributed by atoms with Crippen LogP contribution in [0.5, 0.6) is 0 Å². The van der Waals surface area contributed by atoms with Gasteiger partial charge < -0.3 is 5.11 Å². The molecule has 0 aromatic rings. The molecular formula is C13H23NO2. The van der Waals surface area contributed by atoms with Gasteiger partial charge in [-0.25, -0.2) is 0 Å². The van der Waals surface area contributed by atoms with Gasteiger partial charge in [-0.1, -0.05) is 19.8 Å². The molecule has 1 heterocycles. The summed E-state index contributed by atoms with van der Waals surface area (Å²) in [5.74, 6) is 0.143. The largest absolute Gasteiger partial charge is 0.480 e. The van der Waals surface area contributed by atoms with Crippen molar-refractivity contribution in [1.82, 2.24) is 4.90 Å². The number of carbonyl (C=O) groups is 1. The second-order valence-corrected chi connectivity index (χ2v) is 5.25. The van der Waals surface area contributed by atoms with Crippen LogP contribution >= 0.6 is 0 Å². The van der Waals surface area contributed by atoms with E-state index in [1.54, 1.807) is 0 Å². The maximum atomic E-state index is 11.3. The van der Waals surface area contributed by atoms with Gasteiger partial charge in [0.1, 0.15) is 6.04 Å². The molecule has 0 aromatic heterocycles. The molecule has 1 N–H and O–H groups in total. The number of hydrogen-bond donors (Lipinski definition) is 1. The number of likely N-dealkylation sites (tertiary alicyclic amines) is 1. The van der Waals surface area contributed by atoms with Crippen molar-refractivity contribution in [2.24, 2.45) is 5.92 Å². The molecule has 0 radical (unpaired) electrons. The summed E-state index contributed by atoms with van der Waals surface area (Å²) in [6.07, 6.45) is 8.40. The molecule has 16 heavy (non-hydrogen) atoms. The van der Waals surface area contributed by atoms with E-state index in [-0.39, 0.29) is 6.04 Å². The first-order valence-electron chi connectivity index (χ1n) is 6.72. The fourth-order valence-corrected chi connectivity index (χ4v) is 3.60. The Hall–Kier alpha value is -0.570. The SMILES string of the molecule is CCC(C(=O)O)N1CCC[C@H]2CCCC[C@H]21. The molecule has 0 aromatic carbocycles. The lowest BCUT2D eigenvalue weighted by atomic mass is 9.77. The summed E-state index contributed by atoms with van der Waals surface area (Å²) in [5, 5.41) is 9.27. The highest BCUT2D eigenvalue weighted by atomic mass is 16.4. The molecule has 0 bridgehead atoms. The van der Waals surface area contributed by atoms with Crippen molar-refractivity contribution >= 4 is 5.97 Å². The van der Waals surface area contributed by atoms with Crippen LogP contribution in [0.25, 0.3) is 0 Å². The molecule has 3 nitrogen and oxygen atoms in total. The van der Waals surface area contributed by atoms with Gasteiger partial charge in [0.2, 0.25) is 0 Å². The van der Waals surface area contributed by atoms with Gasteiger partial charge in [0.25, 0.3) is 0 Å². The Kier molecular flexibility index (Phi) is 3.85. The second-order valence-electron chi connectivity index (χ2n) is 5.25. The first kappa shape index (κ1) is 11.9. The van der Waals surface area contributed by atoms with Crippen LogP contribution in [0.4, 0.5) is 0 Å². The number of aliphatic carboxylic acids is 1. The van der Waals surface area contributed by atoms with E-state index in [4.69, 9.17) is 0 Å². The van der Waals surface area contributed by atoms with Crippen molar-refractivity contribution in [3.05, 3.63) is 0 Å². The lowest BCUT2D eigenvalue weighted by molar-refractivity contribution is -0.146. The van der Waals surface area contributed by atoms with Crippen LogP contribution in [0.2, 0.25) is 0 Å². The fourth-order valence-electron chi connectivity index (χ4n) is 3.60. The summed E-state index contributed by atoms with van der Waals surface area (Å²) in [4.78, 5) is 13.5. The molecule has 1 aliphatic heterocycles. The molecule has 0 amide bonds. The van der Waals surface area contributed by atoms with Crippen LogP contribution in [-0.2, 0) is 4.79 Å². The number of fused-ring (bicyclic) bond motifs is 1. The van der Waals surface area contributed by atoms with E-state index in [9.17, 15) is 9.90 Å². The minimum atomic E-state index is -0.631. The molecule has 3 heteroatoms. The van der Waals surface area contributed by atoms with Gasteiger partial charge in [0, 0.05) is 6.04 Å². The number of piperidine rings is 1. The quantitative estimate of drug-likeness (QED) is 0.802. The van der Waals surface area contributed by atoms with Crippen LogP contribution in [0, 0.1) is 5.92 Å². The molecule has 1 saturated heterocycles. The van der Waals surface area contributed by atoms with E-state index in [1.165, 1.54) is 38.5 Å². The Balaban J connectivity index is 2.09. The zero-order valence-electron chi connectivity index (χ0n) is 10.2. The molecule has 0 spiro atoms. The number of hydrogen-bond acceptors (Lipinski definition) is 2. The van der Waals surface area contributed by atoms with Gasteiger partial charge in [-0.3, -0.25) is 9.69 Å².